The van der Waals surface area contributed by atoms with Crippen LogP contribution in [0.15, 0.2) is 0 Å². The van der Waals surface area contributed by atoms with Crippen molar-refractivity contribution in [2.24, 2.45) is 5.92 Å². The van der Waals surface area contributed by atoms with Crippen LogP contribution in [-0.2, 0) is 4.74 Å². The summed E-state index contributed by atoms with van der Waals surface area (Å²) in [6.45, 7) is 0.616. The minimum absolute atomic E-state index is 0.454. The average molecular weight is 151 g/mol. The van der Waals surface area contributed by atoms with Gasteiger partial charge in [0, 0.05) is 5.88 Å². The fraction of sp³-hybridized carbons (Fsp3) is 1.00. The Morgan fingerprint density at radius 1 is 1.56 bits per heavy atom. The first-order chi connectivity index (χ1) is 4.33. The molecule has 0 saturated carbocycles. The number of rotatable bonds is 1. The van der Waals surface area contributed by atoms with E-state index in [0.29, 0.717) is 18.4 Å². The van der Waals surface area contributed by atoms with Crippen molar-refractivity contribution in [3.8, 4) is 0 Å². The highest BCUT2D eigenvalue weighted by Gasteiger charge is 2.18. The number of alkyl halides is 1. The number of aliphatic hydroxyl groups is 1. The second-order valence-electron chi connectivity index (χ2n) is 2.39. The Bertz CT molecular complexity index is 79.1. The first kappa shape index (κ1) is 7.32. The molecule has 1 aliphatic heterocycles. The molecule has 1 heterocycles. The Balaban J connectivity index is 2.18. The van der Waals surface area contributed by atoms with Gasteiger partial charge in [0.15, 0.2) is 6.29 Å². The van der Waals surface area contributed by atoms with E-state index in [0.717, 1.165) is 12.8 Å². The molecule has 3 heteroatoms. The van der Waals surface area contributed by atoms with E-state index in [9.17, 15) is 0 Å². The molecule has 54 valence electrons. The zero-order valence-corrected chi connectivity index (χ0v) is 5.97. The third-order valence-corrected chi connectivity index (χ3v) is 2.00. The summed E-state index contributed by atoms with van der Waals surface area (Å²) in [6, 6.07) is 0. The van der Waals surface area contributed by atoms with E-state index in [-0.39, 0.29) is 0 Å². The van der Waals surface area contributed by atoms with Crippen LogP contribution in [0, 0.1) is 5.92 Å². The average Bonchev–Trinajstić information content (AvgIpc) is 1.90. The van der Waals surface area contributed by atoms with Crippen molar-refractivity contribution in [1.82, 2.24) is 0 Å². The van der Waals surface area contributed by atoms with Crippen LogP contribution in [0.3, 0.4) is 0 Å². The van der Waals surface area contributed by atoms with Gasteiger partial charge in [0.25, 0.3) is 0 Å². The Kier molecular flexibility index (Phi) is 2.76. The highest BCUT2D eigenvalue weighted by molar-refractivity contribution is 6.18. The van der Waals surface area contributed by atoms with Crippen LogP contribution in [0.1, 0.15) is 12.8 Å². The van der Waals surface area contributed by atoms with Gasteiger partial charge in [0.05, 0.1) is 6.61 Å². The van der Waals surface area contributed by atoms with Gasteiger partial charge in [0.1, 0.15) is 0 Å². The normalized spacial score (nSPS) is 36.7. The predicted octanol–water partition coefficient (Wildman–Crippen LogP) is 0.970. The lowest BCUT2D eigenvalue weighted by molar-refractivity contribution is -0.137. The fourth-order valence-electron chi connectivity index (χ4n) is 0.914. The lowest BCUT2D eigenvalue weighted by Crippen LogP contribution is -2.26. The van der Waals surface area contributed by atoms with Crippen LogP contribution in [0.5, 0.6) is 0 Å². The summed E-state index contributed by atoms with van der Waals surface area (Å²) in [6.07, 6.45) is 1.19. The second kappa shape index (κ2) is 3.40. The molecular formula is C6H11ClO2. The Morgan fingerprint density at radius 3 is 2.78 bits per heavy atom. The van der Waals surface area contributed by atoms with E-state index in [1.54, 1.807) is 0 Å². The molecule has 2 nitrogen and oxygen atoms in total. The first-order valence-electron chi connectivity index (χ1n) is 3.18. The van der Waals surface area contributed by atoms with Gasteiger partial charge in [-0.25, -0.2) is 0 Å². The quantitative estimate of drug-likeness (QED) is 0.565. The summed E-state index contributed by atoms with van der Waals surface area (Å²) in [4.78, 5) is 0. The largest absolute Gasteiger partial charge is 0.368 e. The lowest BCUT2D eigenvalue weighted by atomic mass is 10.0. The van der Waals surface area contributed by atoms with Crippen LogP contribution >= 0.6 is 11.6 Å². The van der Waals surface area contributed by atoms with Gasteiger partial charge in [-0.05, 0) is 18.8 Å². The minimum Gasteiger partial charge on any atom is -0.368 e. The van der Waals surface area contributed by atoms with Gasteiger partial charge in [-0.15, -0.1) is 11.6 Å². The standard InChI is InChI=1S/C6H11ClO2/c7-3-5-1-2-6(8)9-4-5/h5-6,8H,1-4H2. The molecule has 0 bridgehead atoms. The molecular weight excluding hydrogens is 140 g/mol. The molecule has 1 aliphatic rings. The lowest BCUT2D eigenvalue weighted by Gasteiger charge is -2.23. The zero-order valence-electron chi connectivity index (χ0n) is 5.22. The summed E-state index contributed by atoms with van der Waals surface area (Å²) in [5.74, 6) is 1.10. The van der Waals surface area contributed by atoms with E-state index in [4.69, 9.17) is 21.4 Å². The zero-order chi connectivity index (χ0) is 6.69. The molecule has 1 saturated heterocycles. The third-order valence-electron chi connectivity index (χ3n) is 1.56. The molecule has 2 unspecified atom stereocenters. The molecule has 1 N–H and O–H groups in total. The molecule has 0 aromatic carbocycles. The Labute approximate surface area is 59.8 Å². The van der Waals surface area contributed by atoms with Gasteiger partial charge < -0.3 is 9.84 Å². The maximum Gasteiger partial charge on any atom is 0.154 e. The predicted molar refractivity (Wildman–Crippen MR) is 35.4 cm³/mol. The van der Waals surface area contributed by atoms with Crippen LogP contribution < -0.4 is 0 Å². The summed E-state index contributed by atoms with van der Waals surface area (Å²) in [5, 5.41) is 8.86. The molecule has 1 rings (SSSR count). The van der Waals surface area contributed by atoms with Gasteiger partial charge in [-0.3, -0.25) is 0 Å². The van der Waals surface area contributed by atoms with Crippen molar-refractivity contribution in [1.29, 1.82) is 0 Å². The molecule has 0 spiro atoms. The fourth-order valence-corrected chi connectivity index (χ4v) is 1.16. The summed E-state index contributed by atoms with van der Waals surface area (Å²) in [7, 11) is 0. The Hall–Kier alpha value is 0.210. The summed E-state index contributed by atoms with van der Waals surface area (Å²) < 4.78 is 4.95. The monoisotopic (exact) mass is 150 g/mol. The number of aliphatic hydroxyl groups excluding tert-OH is 1. The van der Waals surface area contributed by atoms with Crippen LogP contribution in [-0.4, -0.2) is 23.9 Å². The van der Waals surface area contributed by atoms with E-state index >= 15 is 0 Å². The summed E-state index contributed by atoms with van der Waals surface area (Å²) >= 11 is 5.57. The van der Waals surface area contributed by atoms with Crippen molar-refractivity contribution in [2.45, 2.75) is 19.1 Å². The van der Waals surface area contributed by atoms with Gasteiger partial charge >= 0.3 is 0 Å². The van der Waals surface area contributed by atoms with E-state index in [2.05, 4.69) is 0 Å². The van der Waals surface area contributed by atoms with Gasteiger partial charge in [-0.2, -0.15) is 0 Å². The number of hydrogen-bond acceptors (Lipinski definition) is 2. The molecule has 0 aliphatic carbocycles. The van der Waals surface area contributed by atoms with Crippen molar-refractivity contribution in [3.63, 3.8) is 0 Å². The van der Waals surface area contributed by atoms with Gasteiger partial charge in [-0.1, -0.05) is 0 Å². The SMILES string of the molecule is OC1CCC(CCl)CO1. The highest BCUT2D eigenvalue weighted by atomic mass is 35.5. The maximum absolute atomic E-state index is 8.86. The van der Waals surface area contributed by atoms with Crippen molar-refractivity contribution < 1.29 is 9.84 Å². The number of ether oxygens (including phenoxy) is 1. The van der Waals surface area contributed by atoms with Gasteiger partial charge in [0.2, 0.25) is 0 Å². The number of hydrogen-bond donors (Lipinski definition) is 1. The van der Waals surface area contributed by atoms with Crippen LogP contribution in [0.25, 0.3) is 0 Å². The second-order valence-corrected chi connectivity index (χ2v) is 2.69. The molecule has 0 aromatic rings. The van der Waals surface area contributed by atoms with Crippen molar-refractivity contribution >= 4 is 11.6 Å². The van der Waals surface area contributed by atoms with E-state index < -0.39 is 6.29 Å². The van der Waals surface area contributed by atoms with E-state index in [1.165, 1.54) is 0 Å². The van der Waals surface area contributed by atoms with E-state index in [1.807, 2.05) is 0 Å². The minimum atomic E-state index is -0.538. The smallest absolute Gasteiger partial charge is 0.154 e. The van der Waals surface area contributed by atoms with Crippen LogP contribution in [0.2, 0.25) is 0 Å². The molecule has 2 atom stereocenters. The van der Waals surface area contributed by atoms with Crippen LogP contribution in [0.4, 0.5) is 0 Å². The molecule has 0 amide bonds. The first-order valence-corrected chi connectivity index (χ1v) is 3.72. The summed E-state index contributed by atoms with van der Waals surface area (Å²) in [5.41, 5.74) is 0. The van der Waals surface area contributed by atoms with Crippen molar-refractivity contribution in [2.75, 3.05) is 12.5 Å². The topological polar surface area (TPSA) is 29.5 Å². The molecule has 1 fully saturated rings. The highest BCUT2D eigenvalue weighted by Crippen LogP contribution is 2.17. The molecule has 9 heavy (non-hydrogen) atoms. The number of halogens is 1. The Morgan fingerprint density at radius 2 is 2.33 bits per heavy atom. The maximum atomic E-state index is 8.86. The van der Waals surface area contributed by atoms with Crippen molar-refractivity contribution in [3.05, 3.63) is 0 Å². The third kappa shape index (κ3) is 2.12. The molecule has 0 aromatic heterocycles. The molecule has 0 radical (unpaired) electrons.